The maximum atomic E-state index is 9.83. The molecule has 3 N–H and O–H groups in total. The van der Waals surface area contributed by atoms with Crippen molar-refractivity contribution < 1.29 is 5.11 Å². The molecule has 1 rings (SSSR count). The van der Waals surface area contributed by atoms with Crippen LogP contribution < -0.4 is 5.73 Å². The Hall–Kier alpha value is -1.02. The summed E-state index contributed by atoms with van der Waals surface area (Å²) in [6.45, 7) is 3.62. The Kier molecular flexibility index (Phi) is 6.89. The van der Waals surface area contributed by atoms with Gasteiger partial charge in [-0.25, -0.2) is 0 Å². The Morgan fingerprint density at radius 1 is 1.59 bits per heavy atom. The van der Waals surface area contributed by atoms with E-state index in [0.29, 0.717) is 22.0 Å². The molecule has 0 aliphatic carbocycles. The van der Waals surface area contributed by atoms with Gasteiger partial charge in [-0.1, -0.05) is 6.08 Å². The molecule has 17 heavy (non-hydrogen) atoms. The third kappa shape index (κ3) is 4.04. The monoisotopic (exact) mass is 316 g/mol. The van der Waals surface area contributed by atoms with Crippen molar-refractivity contribution in [3.05, 3.63) is 40.4 Å². The number of aromatic hydroxyl groups is 1. The predicted molar refractivity (Wildman–Crippen MR) is 74.1 cm³/mol. The second-order valence-corrected chi connectivity index (χ2v) is 4.33. The van der Waals surface area contributed by atoms with Crippen LogP contribution in [0.3, 0.4) is 0 Å². The van der Waals surface area contributed by atoms with Gasteiger partial charge in [0.1, 0.15) is 5.75 Å². The molecule has 0 radical (unpaired) electrons. The van der Waals surface area contributed by atoms with E-state index in [-0.39, 0.29) is 24.2 Å². The summed E-state index contributed by atoms with van der Waals surface area (Å²) in [7, 11) is 0. The Morgan fingerprint density at radius 3 is 2.76 bits per heavy atom. The molecule has 92 valence electrons. The first-order valence-corrected chi connectivity index (χ1v) is 5.68. The van der Waals surface area contributed by atoms with Crippen LogP contribution in [0.4, 0.5) is 0 Å². The van der Waals surface area contributed by atoms with E-state index in [9.17, 15) is 5.11 Å². The minimum Gasteiger partial charge on any atom is -0.506 e. The van der Waals surface area contributed by atoms with E-state index in [2.05, 4.69) is 22.5 Å². The van der Waals surface area contributed by atoms with Crippen molar-refractivity contribution in [1.29, 1.82) is 5.26 Å². The predicted octanol–water partition coefficient (Wildman–Crippen LogP) is 3.41. The molecule has 0 aromatic heterocycles. The molecule has 1 aromatic rings. The molecule has 0 fully saturated rings. The van der Waals surface area contributed by atoms with Crippen LogP contribution in [0.5, 0.6) is 5.75 Å². The average molecular weight is 318 g/mol. The van der Waals surface area contributed by atoms with Crippen LogP contribution in [0, 0.1) is 11.3 Å². The summed E-state index contributed by atoms with van der Waals surface area (Å²) in [5.41, 5.74) is 7.01. The van der Waals surface area contributed by atoms with Gasteiger partial charge in [0, 0.05) is 11.6 Å². The molecule has 0 bridgehead atoms. The number of nitriles is 1. The summed E-state index contributed by atoms with van der Waals surface area (Å²) in [5.74, 6) is 0.107. The quantitative estimate of drug-likeness (QED) is 0.836. The number of hydrogen-bond donors (Lipinski definition) is 2. The number of nitrogens with two attached hydrogens (primary N) is 1. The van der Waals surface area contributed by atoms with E-state index < -0.39 is 0 Å². The molecule has 1 aromatic carbocycles. The molecule has 3 nitrogen and oxygen atoms in total. The van der Waals surface area contributed by atoms with Crippen molar-refractivity contribution in [2.24, 2.45) is 5.73 Å². The first kappa shape index (κ1) is 16.0. The standard InChI is InChI=1S/C12H13BrN2O.ClH/c1-2-3-4-11(15)9-5-8(7-14)6-10(13)12(9)16;/h2,5-6,11,16H,1,3-4,15H2;1H/t11-;/m0./s1. The van der Waals surface area contributed by atoms with Gasteiger partial charge in [-0.3, -0.25) is 0 Å². The smallest absolute Gasteiger partial charge is 0.134 e. The van der Waals surface area contributed by atoms with Crippen molar-refractivity contribution >= 4 is 28.3 Å². The van der Waals surface area contributed by atoms with Crippen LogP contribution >= 0.6 is 28.3 Å². The zero-order valence-electron chi connectivity index (χ0n) is 9.19. The Labute approximate surface area is 115 Å². The van der Waals surface area contributed by atoms with Crippen LogP contribution in [0.15, 0.2) is 29.3 Å². The van der Waals surface area contributed by atoms with Crippen molar-refractivity contribution in [3.63, 3.8) is 0 Å². The van der Waals surface area contributed by atoms with Crippen LogP contribution in [-0.4, -0.2) is 5.11 Å². The number of halogens is 2. The SMILES string of the molecule is C=CCC[C@H](N)c1cc(C#N)cc(Br)c1O.Cl. The fraction of sp³-hybridized carbons (Fsp3) is 0.250. The number of benzene rings is 1. The topological polar surface area (TPSA) is 70.0 Å². The third-order valence-corrected chi connectivity index (χ3v) is 2.91. The number of allylic oxidation sites excluding steroid dienone is 1. The number of phenolic OH excluding ortho intramolecular Hbond substituents is 1. The summed E-state index contributed by atoms with van der Waals surface area (Å²) in [6.07, 6.45) is 3.24. The lowest BCUT2D eigenvalue weighted by Gasteiger charge is -2.14. The van der Waals surface area contributed by atoms with E-state index in [1.54, 1.807) is 18.2 Å². The van der Waals surface area contributed by atoms with Gasteiger partial charge in [-0.15, -0.1) is 19.0 Å². The summed E-state index contributed by atoms with van der Waals surface area (Å²) in [4.78, 5) is 0. The summed E-state index contributed by atoms with van der Waals surface area (Å²) in [6, 6.07) is 4.93. The molecule has 5 heteroatoms. The van der Waals surface area contributed by atoms with Gasteiger partial charge in [0.2, 0.25) is 0 Å². The minimum absolute atomic E-state index is 0. The molecule has 0 spiro atoms. The van der Waals surface area contributed by atoms with E-state index in [4.69, 9.17) is 11.0 Å². The van der Waals surface area contributed by atoms with Gasteiger partial charge >= 0.3 is 0 Å². The largest absolute Gasteiger partial charge is 0.506 e. The first-order chi connectivity index (χ1) is 7.60. The summed E-state index contributed by atoms with van der Waals surface area (Å²) >= 11 is 3.20. The zero-order valence-corrected chi connectivity index (χ0v) is 11.6. The summed E-state index contributed by atoms with van der Waals surface area (Å²) < 4.78 is 0.496. The van der Waals surface area contributed by atoms with Gasteiger partial charge in [-0.05, 0) is 40.9 Å². The van der Waals surface area contributed by atoms with E-state index in [1.807, 2.05) is 6.07 Å². The molecular formula is C12H14BrClN2O. The van der Waals surface area contributed by atoms with Gasteiger partial charge in [0.15, 0.2) is 0 Å². The molecule has 0 saturated carbocycles. The molecular weight excluding hydrogens is 304 g/mol. The zero-order chi connectivity index (χ0) is 12.1. The maximum absolute atomic E-state index is 9.83. The van der Waals surface area contributed by atoms with Gasteiger partial charge < -0.3 is 10.8 Å². The van der Waals surface area contributed by atoms with E-state index >= 15 is 0 Å². The third-order valence-electron chi connectivity index (χ3n) is 2.30. The van der Waals surface area contributed by atoms with E-state index in [1.165, 1.54) is 0 Å². The lowest BCUT2D eigenvalue weighted by molar-refractivity contribution is 0.455. The molecule has 0 heterocycles. The molecule has 0 aliphatic rings. The number of hydrogen-bond acceptors (Lipinski definition) is 3. The highest BCUT2D eigenvalue weighted by Crippen LogP contribution is 2.33. The van der Waals surface area contributed by atoms with Crippen LogP contribution in [-0.2, 0) is 0 Å². The van der Waals surface area contributed by atoms with Crippen LogP contribution in [0.1, 0.15) is 30.0 Å². The van der Waals surface area contributed by atoms with Gasteiger partial charge in [0.25, 0.3) is 0 Å². The second kappa shape index (κ2) is 7.33. The van der Waals surface area contributed by atoms with Crippen molar-refractivity contribution in [3.8, 4) is 11.8 Å². The second-order valence-electron chi connectivity index (χ2n) is 3.48. The van der Waals surface area contributed by atoms with Gasteiger partial charge in [0.05, 0.1) is 16.1 Å². The molecule has 0 unspecified atom stereocenters. The first-order valence-electron chi connectivity index (χ1n) is 4.89. The van der Waals surface area contributed by atoms with Crippen LogP contribution in [0.2, 0.25) is 0 Å². The van der Waals surface area contributed by atoms with Crippen molar-refractivity contribution in [2.45, 2.75) is 18.9 Å². The number of nitrogens with zero attached hydrogens (tertiary/aromatic N) is 1. The lowest BCUT2D eigenvalue weighted by atomic mass is 10.00. The van der Waals surface area contributed by atoms with Crippen LogP contribution in [0.25, 0.3) is 0 Å². The highest BCUT2D eigenvalue weighted by Gasteiger charge is 2.14. The Bertz CT molecular complexity index is 443. The molecule has 0 saturated heterocycles. The lowest BCUT2D eigenvalue weighted by Crippen LogP contribution is -2.10. The Morgan fingerprint density at radius 2 is 2.24 bits per heavy atom. The van der Waals surface area contributed by atoms with Crippen molar-refractivity contribution in [2.75, 3.05) is 0 Å². The summed E-state index contributed by atoms with van der Waals surface area (Å²) in [5, 5.41) is 18.7. The Balaban J connectivity index is 0.00000256. The molecule has 0 aliphatic heterocycles. The fourth-order valence-electron chi connectivity index (χ4n) is 1.42. The normalized spacial score (nSPS) is 11.1. The van der Waals surface area contributed by atoms with Gasteiger partial charge in [-0.2, -0.15) is 5.26 Å². The fourth-order valence-corrected chi connectivity index (χ4v) is 1.90. The van der Waals surface area contributed by atoms with Crippen molar-refractivity contribution in [1.82, 2.24) is 0 Å². The van der Waals surface area contributed by atoms with E-state index in [0.717, 1.165) is 6.42 Å². The number of rotatable bonds is 4. The molecule has 0 amide bonds. The minimum atomic E-state index is -0.289. The maximum Gasteiger partial charge on any atom is 0.134 e. The number of phenols is 1. The average Bonchev–Trinajstić information content (AvgIpc) is 2.29. The highest BCUT2D eigenvalue weighted by molar-refractivity contribution is 9.10. The highest BCUT2D eigenvalue weighted by atomic mass is 79.9. The molecule has 1 atom stereocenters.